The van der Waals surface area contributed by atoms with Crippen LogP contribution in [0.4, 0.5) is 0 Å². The number of aromatic hydroxyl groups is 3. The van der Waals surface area contributed by atoms with Gasteiger partial charge in [0.15, 0.2) is 47.4 Å². The van der Waals surface area contributed by atoms with Gasteiger partial charge in [-0.1, -0.05) is 0 Å². The molecule has 3 saturated heterocycles. The summed E-state index contributed by atoms with van der Waals surface area (Å²) in [5.74, 6) is -3.52. The molecule has 15 atom stereocenters. The normalized spacial score (nSPS) is 36.3. The number of methoxy groups -OCH3 is 2. The van der Waals surface area contributed by atoms with Crippen molar-refractivity contribution < 1.29 is 98.5 Å². The number of ether oxygens (including phenoxy) is 8. The molecule has 310 valence electrons. The van der Waals surface area contributed by atoms with Crippen molar-refractivity contribution >= 4 is 11.0 Å². The Morgan fingerprint density at radius 1 is 0.661 bits per heavy atom. The molecule has 2 aromatic carbocycles. The highest BCUT2D eigenvalue weighted by molar-refractivity contribution is 5.91. The minimum absolute atomic E-state index is 0.0208. The summed E-state index contributed by atoms with van der Waals surface area (Å²) >= 11 is 0. The number of fused-ring (bicyclic) bond motifs is 1. The monoisotopic (exact) mass is 800 g/mol. The number of benzene rings is 2. The molecule has 0 bridgehead atoms. The van der Waals surface area contributed by atoms with Crippen molar-refractivity contribution in [1.29, 1.82) is 0 Å². The lowest BCUT2D eigenvalue weighted by molar-refractivity contribution is -0.360. The highest BCUT2D eigenvalue weighted by Crippen LogP contribution is 2.45. The van der Waals surface area contributed by atoms with E-state index in [9.17, 15) is 61.0 Å². The van der Waals surface area contributed by atoms with Gasteiger partial charge in [0.1, 0.15) is 65.9 Å². The van der Waals surface area contributed by atoms with E-state index in [4.69, 9.17) is 42.3 Å². The van der Waals surface area contributed by atoms with Gasteiger partial charge in [-0.3, -0.25) is 4.79 Å². The second-order valence-corrected chi connectivity index (χ2v) is 13.6. The first-order valence-corrected chi connectivity index (χ1v) is 17.3. The van der Waals surface area contributed by atoms with Gasteiger partial charge in [0.05, 0.1) is 33.0 Å². The van der Waals surface area contributed by atoms with E-state index >= 15 is 0 Å². The smallest absolute Gasteiger partial charge is 0.239 e. The lowest BCUT2D eigenvalue weighted by Gasteiger charge is -2.46. The van der Waals surface area contributed by atoms with Crippen LogP contribution in [0.25, 0.3) is 22.3 Å². The first kappa shape index (κ1) is 41.6. The molecule has 0 unspecified atom stereocenters. The minimum Gasteiger partial charge on any atom is -0.504 e. The predicted molar refractivity (Wildman–Crippen MR) is 183 cm³/mol. The number of hydrogen-bond donors (Lipinski definition) is 11. The molecule has 6 rings (SSSR count). The molecule has 0 radical (unpaired) electrons. The van der Waals surface area contributed by atoms with Crippen molar-refractivity contribution in [3.05, 3.63) is 34.5 Å². The van der Waals surface area contributed by atoms with Gasteiger partial charge in [0.2, 0.25) is 23.2 Å². The summed E-state index contributed by atoms with van der Waals surface area (Å²) in [7, 11) is 2.37. The Kier molecular flexibility index (Phi) is 12.2. The fourth-order valence-corrected chi connectivity index (χ4v) is 6.62. The van der Waals surface area contributed by atoms with Gasteiger partial charge in [0.25, 0.3) is 0 Å². The molecule has 3 aromatic rings. The zero-order valence-corrected chi connectivity index (χ0v) is 30.2. The number of rotatable bonds is 10. The molecule has 56 heavy (non-hydrogen) atoms. The van der Waals surface area contributed by atoms with Crippen molar-refractivity contribution in [1.82, 2.24) is 0 Å². The van der Waals surface area contributed by atoms with E-state index in [1.165, 1.54) is 39.2 Å². The average Bonchev–Trinajstić information content (AvgIpc) is 3.17. The lowest BCUT2D eigenvalue weighted by Crippen LogP contribution is -2.65. The predicted octanol–water partition coefficient (Wildman–Crippen LogP) is -2.52. The zero-order chi connectivity index (χ0) is 40.9. The van der Waals surface area contributed by atoms with E-state index in [0.717, 1.165) is 13.2 Å². The quantitative estimate of drug-likeness (QED) is 0.101. The van der Waals surface area contributed by atoms with Crippen molar-refractivity contribution in [2.24, 2.45) is 0 Å². The SMILES string of the molecule is COc1cc(-c2oc3cc(O)c(OC)c(O)c3c(=O)c2O[C@@H]2O[C@H](CO[C@@H]3O[C@@H](C)[C@H](O)[C@@H](O)[C@H]3O)[C@@H](O)[C@H](O)[C@H]2O[C@H]2O[C@@H](C)[C@H](O)[C@@H](O)[C@H]2O)ccc1O. The number of hydrogen-bond acceptors (Lipinski definition) is 21. The van der Waals surface area contributed by atoms with E-state index in [-0.39, 0.29) is 22.6 Å². The molecule has 3 aliphatic heterocycles. The van der Waals surface area contributed by atoms with Crippen LogP contribution in [0.1, 0.15) is 13.8 Å². The maximum Gasteiger partial charge on any atom is 0.239 e. The van der Waals surface area contributed by atoms with E-state index in [1.807, 2.05) is 0 Å². The molecular formula is C35H44O21. The number of phenolic OH excluding ortho intramolecular Hbond substituents is 3. The lowest BCUT2D eigenvalue weighted by atomic mass is 9.97. The number of aliphatic hydroxyl groups excluding tert-OH is 8. The van der Waals surface area contributed by atoms with Gasteiger partial charge in [-0.2, -0.15) is 0 Å². The van der Waals surface area contributed by atoms with Crippen LogP contribution in [-0.4, -0.2) is 169 Å². The molecule has 21 nitrogen and oxygen atoms in total. The largest absolute Gasteiger partial charge is 0.504 e. The summed E-state index contributed by atoms with van der Waals surface area (Å²) in [5.41, 5.74) is -1.46. The summed E-state index contributed by atoms with van der Waals surface area (Å²) in [4.78, 5) is 14.4. The summed E-state index contributed by atoms with van der Waals surface area (Å²) in [6.45, 7) is 2.06. The van der Waals surface area contributed by atoms with Gasteiger partial charge in [0, 0.05) is 11.6 Å². The molecule has 11 N–H and O–H groups in total. The van der Waals surface area contributed by atoms with E-state index in [2.05, 4.69) is 0 Å². The highest BCUT2D eigenvalue weighted by atomic mass is 16.8. The van der Waals surface area contributed by atoms with E-state index < -0.39 is 138 Å². The Morgan fingerprint density at radius 2 is 1.29 bits per heavy atom. The van der Waals surface area contributed by atoms with Crippen LogP contribution in [0.5, 0.6) is 34.5 Å². The summed E-state index contributed by atoms with van der Waals surface area (Å²) in [6, 6.07) is 4.73. The Hall–Kier alpha value is -4.07. The molecule has 0 aliphatic carbocycles. The van der Waals surface area contributed by atoms with Gasteiger partial charge in [-0.25, -0.2) is 0 Å². The van der Waals surface area contributed by atoms with Crippen molar-refractivity contribution in [3.8, 4) is 45.8 Å². The fraction of sp³-hybridized carbons (Fsp3) is 0.571. The third kappa shape index (κ3) is 7.54. The Morgan fingerprint density at radius 3 is 1.91 bits per heavy atom. The summed E-state index contributed by atoms with van der Waals surface area (Å²) < 4.78 is 50.8. The average molecular weight is 801 g/mol. The summed E-state index contributed by atoms with van der Waals surface area (Å²) in [5, 5.41) is 116. The van der Waals surface area contributed by atoms with Crippen LogP contribution >= 0.6 is 0 Å². The molecule has 0 saturated carbocycles. The molecule has 0 amide bonds. The van der Waals surface area contributed by atoms with Crippen LogP contribution in [0.3, 0.4) is 0 Å². The van der Waals surface area contributed by atoms with Crippen molar-refractivity contribution in [2.45, 2.75) is 106 Å². The number of aliphatic hydroxyl groups is 8. The first-order valence-electron chi connectivity index (χ1n) is 17.3. The Balaban J connectivity index is 1.44. The van der Waals surface area contributed by atoms with Gasteiger partial charge < -0.3 is 98.5 Å². The Bertz CT molecular complexity index is 1920. The maximum atomic E-state index is 14.4. The van der Waals surface area contributed by atoms with Gasteiger partial charge >= 0.3 is 0 Å². The van der Waals surface area contributed by atoms with E-state index in [0.29, 0.717) is 0 Å². The molecule has 4 heterocycles. The third-order valence-electron chi connectivity index (χ3n) is 9.91. The topological polar surface area (TPSA) is 327 Å². The Labute approximate surface area is 316 Å². The molecule has 1 aromatic heterocycles. The minimum atomic E-state index is -2.05. The van der Waals surface area contributed by atoms with Crippen LogP contribution in [0, 0.1) is 0 Å². The van der Waals surface area contributed by atoms with Crippen LogP contribution in [0.15, 0.2) is 33.5 Å². The molecule has 0 spiro atoms. The van der Waals surface area contributed by atoms with Crippen LogP contribution < -0.4 is 19.6 Å². The molecule has 21 heteroatoms. The van der Waals surface area contributed by atoms with Crippen molar-refractivity contribution in [2.75, 3.05) is 20.8 Å². The molecular weight excluding hydrogens is 756 g/mol. The maximum absolute atomic E-state index is 14.4. The second-order valence-electron chi connectivity index (χ2n) is 13.6. The van der Waals surface area contributed by atoms with Crippen LogP contribution in [0.2, 0.25) is 0 Å². The first-order chi connectivity index (χ1) is 26.5. The van der Waals surface area contributed by atoms with Gasteiger partial charge in [-0.05, 0) is 32.0 Å². The van der Waals surface area contributed by atoms with Crippen LogP contribution in [-0.2, 0) is 23.7 Å². The molecule has 3 aliphatic rings. The molecule has 3 fully saturated rings. The highest BCUT2D eigenvalue weighted by Gasteiger charge is 2.52. The standard InChI is InChI=1S/C35H44O21/c1-10-19(38)24(43)27(46)33(51-10)50-9-17-21(40)26(45)32(56-34-28(47)25(44)20(39)11(2)52-34)35(54-17)55-31-23(42)18-16(8-14(37)30(49-4)22(18)41)53-29(31)12-5-6-13(36)15(7-12)48-3/h5-8,10-11,17,19-21,24-28,32-41,43-47H,9H2,1-4H3/t10-,11-,17+,19-,20-,21+,24+,25+,26-,27+,28+,32+,33+,34+,35-/m0/s1. The summed E-state index contributed by atoms with van der Waals surface area (Å²) in [6.07, 6.45) is -25.2. The van der Waals surface area contributed by atoms with E-state index in [1.54, 1.807) is 0 Å². The fourth-order valence-electron chi connectivity index (χ4n) is 6.62. The second kappa shape index (κ2) is 16.4. The van der Waals surface area contributed by atoms with Crippen molar-refractivity contribution in [3.63, 3.8) is 0 Å². The number of phenols is 3. The van der Waals surface area contributed by atoms with Gasteiger partial charge in [-0.15, -0.1) is 0 Å². The third-order valence-corrected chi connectivity index (χ3v) is 9.91. The zero-order valence-electron chi connectivity index (χ0n) is 30.2.